The van der Waals surface area contributed by atoms with Crippen LogP contribution in [0.2, 0.25) is 0 Å². The second-order valence-electron chi connectivity index (χ2n) is 3.88. The zero-order valence-corrected chi connectivity index (χ0v) is 11.4. The first-order valence-corrected chi connectivity index (χ1v) is 6.54. The molecule has 0 fully saturated rings. The van der Waals surface area contributed by atoms with E-state index in [1.807, 2.05) is 23.6 Å². The van der Waals surface area contributed by atoms with Gasteiger partial charge in [-0.15, -0.1) is 11.3 Å². The fourth-order valence-corrected chi connectivity index (χ4v) is 2.14. The van der Waals surface area contributed by atoms with E-state index in [1.165, 1.54) is 18.4 Å². The molecule has 1 heterocycles. The van der Waals surface area contributed by atoms with Gasteiger partial charge in [-0.3, -0.25) is 0 Å². The van der Waals surface area contributed by atoms with Crippen LogP contribution in [-0.2, 0) is 9.53 Å². The molecular formula is C13H14N2O3S. The van der Waals surface area contributed by atoms with Crippen molar-refractivity contribution in [2.45, 2.75) is 13.0 Å². The molecule has 2 rings (SSSR count). The second kappa shape index (κ2) is 5.71. The Morgan fingerprint density at radius 2 is 2.26 bits per heavy atom. The molecule has 2 N–H and O–H groups in total. The van der Waals surface area contributed by atoms with Crippen molar-refractivity contribution >= 4 is 22.4 Å². The van der Waals surface area contributed by atoms with E-state index in [-0.39, 0.29) is 0 Å². The number of carbonyl (C=O) groups is 1. The van der Waals surface area contributed by atoms with Crippen LogP contribution in [-0.4, -0.2) is 24.2 Å². The summed E-state index contributed by atoms with van der Waals surface area (Å²) in [7, 11) is 1.33. The normalized spacial score (nSPS) is 11.9. The number of nitrogen functional groups attached to an aromatic ring is 1. The summed E-state index contributed by atoms with van der Waals surface area (Å²) >= 11 is 1.38. The number of thiazole rings is 1. The van der Waals surface area contributed by atoms with Gasteiger partial charge in [0.25, 0.3) is 0 Å². The van der Waals surface area contributed by atoms with Crippen LogP contribution in [0.1, 0.15) is 6.92 Å². The number of rotatable bonds is 4. The molecule has 5 nitrogen and oxygen atoms in total. The summed E-state index contributed by atoms with van der Waals surface area (Å²) < 4.78 is 10.1. The molecule has 0 aliphatic rings. The molecule has 1 unspecified atom stereocenters. The van der Waals surface area contributed by atoms with Crippen molar-refractivity contribution in [3.63, 3.8) is 0 Å². The highest BCUT2D eigenvalue weighted by molar-refractivity contribution is 7.13. The molecule has 1 atom stereocenters. The molecule has 1 aromatic carbocycles. The number of benzene rings is 1. The van der Waals surface area contributed by atoms with Crippen LogP contribution in [0.15, 0.2) is 29.6 Å². The Balaban J connectivity index is 2.18. The number of nitrogens with zero attached hydrogens (tertiary/aromatic N) is 1. The van der Waals surface area contributed by atoms with Gasteiger partial charge in [0.1, 0.15) is 5.75 Å². The Morgan fingerprint density at radius 1 is 1.47 bits per heavy atom. The lowest BCUT2D eigenvalue weighted by atomic mass is 10.1. The highest BCUT2D eigenvalue weighted by Crippen LogP contribution is 2.26. The topological polar surface area (TPSA) is 74.4 Å². The standard InChI is InChI=1S/C13H14N2O3S/c1-8(12(16)17-2)18-10-5-3-4-9(6-10)11-7-19-13(14)15-11/h3-8H,1-2H3,(H2,14,15). The molecule has 0 spiro atoms. The average molecular weight is 278 g/mol. The predicted molar refractivity (Wildman–Crippen MR) is 74.1 cm³/mol. The van der Waals surface area contributed by atoms with Crippen molar-refractivity contribution in [2.75, 3.05) is 12.8 Å². The molecule has 19 heavy (non-hydrogen) atoms. The summed E-state index contributed by atoms with van der Waals surface area (Å²) in [6.45, 7) is 1.64. The maximum atomic E-state index is 11.3. The monoisotopic (exact) mass is 278 g/mol. The molecule has 100 valence electrons. The third-order valence-electron chi connectivity index (χ3n) is 2.50. The van der Waals surface area contributed by atoms with Gasteiger partial charge in [0, 0.05) is 10.9 Å². The minimum absolute atomic E-state index is 0.414. The molecule has 0 aliphatic carbocycles. The number of hydrogen-bond acceptors (Lipinski definition) is 6. The van der Waals surface area contributed by atoms with Crippen molar-refractivity contribution in [3.05, 3.63) is 29.6 Å². The SMILES string of the molecule is COC(=O)C(C)Oc1cccc(-c2csc(N)n2)c1. The molecule has 0 aliphatic heterocycles. The van der Waals surface area contributed by atoms with Crippen molar-refractivity contribution in [1.29, 1.82) is 0 Å². The Kier molecular flexibility index (Phi) is 4.01. The Morgan fingerprint density at radius 3 is 2.89 bits per heavy atom. The quantitative estimate of drug-likeness (QED) is 0.869. The van der Waals surface area contributed by atoms with Gasteiger partial charge in [-0.1, -0.05) is 12.1 Å². The Bertz CT molecular complexity index is 583. The van der Waals surface area contributed by atoms with E-state index in [2.05, 4.69) is 9.72 Å². The van der Waals surface area contributed by atoms with Crippen LogP contribution in [0, 0.1) is 0 Å². The average Bonchev–Trinajstić information content (AvgIpc) is 2.84. The number of hydrogen-bond donors (Lipinski definition) is 1. The van der Waals surface area contributed by atoms with E-state index in [9.17, 15) is 4.79 Å². The number of anilines is 1. The van der Waals surface area contributed by atoms with Gasteiger partial charge < -0.3 is 15.2 Å². The van der Waals surface area contributed by atoms with Crippen LogP contribution >= 0.6 is 11.3 Å². The van der Waals surface area contributed by atoms with Gasteiger partial charge in [-0.05, 0) is 19.1 Å². The number of esters is 1. The third-order valence-corrected chi connectivity index (χ3v) is 3.17. The first kappa shape index (κ1) is 13.4. The highest BCUT2D eigenvalue weighted by Gasteiger charge is 2.15. The lowest BCUT2D eigenvalue weighted by Crippen LogP contribution is -2.24. The van der Waals surface area contributed by atoms with Crippen LogP contribution in [0.3, 0.4) is 0 Å². The zero-order valence-electron chi connectivity index (χ0n) is 10.6. The molecule has 0 bridgehead atoms. The fourth-order valence-electron chi connectivity index (χ4n) is 1.57. The fraction of sp³-hybridized carbons (Fsp3) is 0.231. The summed E-state index contributed by atoms with van der Waals surface area (Å²) in [5, 5.41) is 2.39. The van der Waals surface area contributed by atoms with Crippen molar-refractivity contribution in [3.8, 4) is 17.0 Å². The summed E-state index contributed by atoms with van der Waals surface area (Å²) in [4.78, 5) is 15.5. The van der Waals surface area contributed by atoms with Gasteiger partial charge in [0.05, 0.1) is 12.8 Å². The van der Waals surface area contributed by atoms with Gasteiger partial charge in [0.2, 0.25) is 0 Å². The maximum absolute atomic E-state index is 11.3. The number of carbonyl (C=O) groups excluding carboxylic acids is 1. The number of ether oxygens (including phenoxy) is 2. The lowest BCUT2D eigenvalue weighted by molar-refractivity contribution is -0.147. The molecule has 6 heteroatoms. The molecule has 0 saturated heterocycles. The number of aromatic nitrogens is 1. The number of methoxy groups -OCH3 is 1. The van der Waals surface area contributed by atoms with Gasteiger partial charge in [0.15, 0.2) is 11.2 Å². The molecular weight excluding hydrogens is 264 g/mol. The van der Waals surface area contributed by atoms with Crippen molar-refractivity contribution < 1.29 is 14.3 Å². The van der Waals surface area contributed by atoms with E-state index in [0.717, 1.165) is 11.3 Å². The molecule has 1 aromatic heterocycles. The molecule has 2 aromatic rings. The largest absolute Gasteiger partial charge is 0.479 e. The second-order valence-corrected chi connectivity index (χ2v) is 4.77. The molecule has 0 saturated carbocycles. The summed E-state index contributed by atoms with van der Waals surface area (Å²) in [5.41, 5.74) is 7.29. The summed E-state index contributed by atoms with van der Waals surface area (Å²) in [6.07, 6.45) is -0.652. The Labute approximate surface area is 115 Å². The first-order valence-electron chi connectivity index (χ1n) is 5.66. The van der Waals surface area contributed by atoms with Crippen LogP contribution in [0.4, 0.5) is 5.13 Å². The van der Waals surface area contributed by atoms with Crippen LogP contribution in [0.25, 0.3) is 11.3 Å². The third kappa shape index (κ3) is 3.23. The summed E-state index contributed by atoms with van der Waals surface area (Å²) in [5.74, 6) is 0.172. The van der Waals surface area contributed by atoms with E-state index < -0.39 is 12.1 Å². The lowest BCUT2D eigenvalue weighted by Gasteiger charge is -2.12. The van der Waals surface area contributed by atoms with E-state index in [0.29, 0.717) is 10.9 Å². The van der Waals surface area contributed by atoms with Gasteiger partial charge in [-0.25, -0.2) is 9.78 Å². The van der Waals surface area contributed by atoms with Crippen LogP contribution in [0.5, 0.6) is 5.75 Å². The van der Waals surface area contributed by atoms with E-state index in [4.69, 9.17) is 10.5 Å². The minimum Gasteiger partial charge on any atom is -0.479 e. The minimum atomic E-state index is -0.652. The zero-order chi connectivity index (χ0) is 13.8. The predicted octanol–water partition coefficient (Wildman–Crippen LogP) is 2.33. The van der Waals surface area contributed by atoms with Crippen molar-refractivity contribution in [1.82, 2.24) is 4.98 Å². The van der Waals surface area contributed by atoms with Gasteiger partial charge >= 0.3 is 5.97 Å². The van der Waals surface area contributed by atoms with E-state index >= 15 is 0 Å². The molecule has 0 radical (unpaired) electrons. The van der Waals surface area contributed by atoms with Gasteiger partial charge in [-0.2, -0.15) is 0 Å². The number of nitrogens with two attached hydrogens (primary N) is 1. The smallest absolute Gasteiger partial charge is 0.346 e. The Hall–Kier alpha value is -2.08. The maximum Gasteiger partial charge on any atom is 0.346 e. The summed E-state index contributed by atoms with van der Waals surface area (Å²) in [6, 6.07) is 7.33. The van der Waals surface area contributed by atoms with Crippen LogP contribution < -0.4 is 10.5 Å². The highest BCUT2D eigenvalue weighted by atomic mass is 32.1. The van der Waals surface area contributed by atoms with E-state index in [1.54, 1.807) is 13.0 Å². The van der Waals surface area contributed by atoms with Crippen molar-refractivity contribution in [2.24, 2.45) is 0 Å². The molecule has 0 amide bonds. The first-order chi connectivity index (χ1) is 9.10.